The van der Waals surface area contributed by atoms with Crippen LogP contribution in [0.4, 0.5) is 0 Å². The molecule has 0 spiro atoms. The highest BCUT2D eigenvalue weighted by atomic mass is 32.2. The molecule has 1 fully saturated rings. The molecule has 0 bridgehead atoms. The number of hydrogen-bond acceptors (Lipinski definition) is 5. The van der Waals surface area contributed by atoms with E-state index in [4.69, 9.17) is 4.52 Å². The first-order chi connectivity index (χ1) is 13.5. The smallest absolute Gasteiger partial charge is 0.259 e. The summed E-state index contributed by atoms with van der Waals surface area (Å²) in [7, 11) is -3.65. The van der Waals surface area contributed by atoms with E-state index in [0.717, 1.165) is 30.4 Å². The second-order valence-electron chi connectivity index (χ2n) is 7.25. The Morgan fingerprint density at radius 1 is 1.07 bits per heavy atom. The minimum Gasteiger partial charge on any atom is -0.334 e. The largest absolute Gasteiger partial charge is 0.334 e. The molecule has 1 aliphatic heterocycles. The molecule has 0 amide bonds. The van der Waals surface area contributed by atoms with Crippen molar-refractivity contribution < 1.29 is 12.9 Å². The molecule has 1 aromatic heterocycles. The van der Waals surface area contributed by atoms with E-state index in [2.05, 4.69) is 10.1 Å². The van der Waals surface area contributed by atoms with Crippen molar-refractivity contribution in [2.75, 3.05) is 6.54 Å². The average Bonchev–Trinajstić information content (AvgIpc) is 3.19. The SMILES string of the molecule is Cc1ccc(-c2noc(-c3ccccc3S(=O)(=O)N3CCCCC3C)n2)cc1. The number of nitrogens with zero attached hydrogens (tertiary/aromatic N) is 3. The molecule has 1 atom stereocenters. The highest BCUT2D eigenvalue weighted by Gasteiger charge is 2.33. The molecule has 0 N–H and O–H groups in total. The third kappa shape index (κ3) is 3.47. The molecule has 1 unspecified atom stereocenters. The van der Waals surface area contributed by atoms with Crippen LogP contribution in [0, 0.1) is 6.92 Å². The van der Waals surface area contributed by atoms with Crippen LogP contribution < -0.4 is 0 Å². The summed E-state index contributed by atoms with van der Waals surface area (Å²) >= 11 is 0. The topological polar surface area (TPSA) is 76.3 Å². The molecule has 0 aliphatic carbocycles. The Kier molecular flexibility index (Phi) is 5.03. The third-order valence-electron chi connectivity index (χ3n) is 5.18. The van der Waals surface area contributed by atoms with E-state index in [9.17, 15) is 8.42 Å². The Bertz CT molecular complexity index is 1070. The number of aromatic nitrogens is 2. The maximum Gasteiger partial charge on any atom is 0.259 e. The first-order valence-electron chi connectivity index (χ1n) is 9.49. The van der Waals surface area contributed by atoms with Crippen molar-refractivity contribution in [3.05, 3.63) is 54.1 Å². The molecule has 6 nitrogen and oxygen atoms in total. The van der Waals surface area contributed by atoms with E-state index < -0.39 is 10.0 Å². The van der Waals surface area contributed by atoms with Crippen molar-refractivity contribution in [1.82, 2.24) is 14.4 Å². The quantitative estimate of drug-likeness (QED) is 0.657. The summed E-state index contributed by atoms with van der Waals surface area (Å²) in [5, 5.41) is 4.05. The summed E-state index contributed by atoms with van der Waals surface area (Å²) in [5.41, 5.74) is 2.40. The van der Waals surface area contributed by atoms with E-state index >= 15 is 0 Å². The molecular formula is C21H23N3O3S. The molecule has 3 aromatic rings. The van der Waals surface area contributed by atoms with Gasteiger partial charge in [0.05, 0.1) is 10.5 Å². The highest BCUT2D eigenvalue weighted by molar-refractivity contribution is 7.89. The van der Waals surface area contributed by atoms with Crippen LogP contribution >= 0.6 is 0 Å². The molecule has 1 saturated heterocycles. The molecule has 28 heavy (non-hydrogen) atoms. The lowest BCUT2D eigenvalue weighted by Gasteiger charge is -2.32. The first kappa shape index (κ1) is 18.8. The summed E-state index contributed by atoms with van der Waals surface area (Å²) in [5.74, 6) is 0.646. The summed E-state index contributed by atoms with van der Waals surface area (Å²) in [6, 6.07) is 14.6. The highest BCUT2D eigenvalue weighted by Crippen LogP contribution is 2.32. The van der Waals surface area contributed by atoms with E-state index in [1.165, 1.54) is 0 Å². The summed E-state index contributed by atoms with van der Waals surface area (Å²) in [6.07, 6.45) is 2.81. The number of benzene rings is 2. The molecule has 4 rings (SSSR count). The van der Waals surface area contributed by atoms with Crippen molar-refractivity contribution in [3.63, 3.8) is 0 Å². The molecule has 146 valence electrons. The van der Waals surface area contributed by atoms with Crippen molar-refractivity contribution in [1.29, 1.82) is 0 Å². The van der Waals surface area contributed by atoms with Gasteiger partial charge in [-0.15, -0.1) is 0 Å². The van der Waals surface area contributed by atoms with Gasteiger partial charge in [0.2, 0.25) is 15.8 Å². The van der Waals surface area contributed by atoms with Crippen LogP contribution in [0.5, 0.6) is 0 Å². The third-order valence-corrected chi connectivity index (χ3v) is 7.25. The number of aryl methyl sites for hydroxylation is 1. The lowest BCUT2D eigenvalue weighted by Crippen LogP contribution is -2.42. The predicted octanol–water partition coefficient (Wildman–Crippen LogP) is 4.28. The average molecular weight is 398 g/mol. The van der Waals surface area contributed by atoms with Gasteiger partial charge in [-0.2, -0.15) is 9.29 Å². The predicted molar refractivity (Wildman–Crippen MR) is 107 cm³/mol. The van der Waals surface area contributed by atoms with Crippen LogP contribution in [0.25, 0.3) is 22.8 Å². The minimum absolute atomic E-state index is 0.0161. The fourth-order valence-electron chi connectivity index (χ4n) is 3.58. The summed E-state index contributed by atoms with van der Waals surface area (Å²) < 4.78 is 33.7. The van der Waals surface area contributed by atoms with Crippen molar-refractivity contribution in [3.8, 4) is 22.8 Å². The number of hydrogen-bond donors (Lipinski definition) is 0. The second-order valence-corrected chi connectivity index (χ2v) is 9.10. The van der Waals surface area contributed by atoms with Gasteiger partial charge in [0.15, 0.2) is 0 Å². The summed E-state index contributed by atoms with van der Waals surface area (Å²) in [4.78, 5) is 4.67. The van der Waals surface area contributed by atoms with Gasteiger partial charge in [0.25, 0.3) is 5.89 Å². The Morgan fingerprint density at radius 2 is 1.82 bits per heavy atom. The van der Waals surface area contributed by atoms with Crippen LogP contribution in [0.15, 0.2) is 57.9 Å². The van der Waals surface area contributed by atoms with Crippen LogP contribution in [-0.2, 0) is 10.0 Å². The van der Waals surface area contributed by atoms with E-state index in [1.807, 2.05) is 38.1 Å². The molecule has 1 aliphatic rings. The Hall–Kier alpha value is -2.51. The van der Waals surface area contributed by atoms with Gasteiger partial charge < -0.3 is 4.52 Å². The normalized spacial score (nSPS) is 18.3. The van der Waals surface area contributed by atoms with Crippen molar-refractivity contribution >= 4 is 10.0 Å². The standard InChI is InChI=1S/C21H23N3O3S/c1-15-10-12-17(13-11-15)20-22-21(27-23-20)18-8-3-4-9-19(18)28(25,26)24-14-6-5-7-16(24)2/h3-4,8-13,16H,5-7,14H2,1-2H3. The van der Waals surface area contributed by atoms with Gasteiger partial charge in [-0.1, -0.05) is 53.5 Å². The Labute approximate surface area is 165 Å². The fraction of sp³-hybridized carbons (Fsp3) is 0.333. The van der Waals surface area contributed by atoms with Crippen molar-refractivity contribution in [2.45, 2.75) is 44.0 Å². The van der Waals surface area contributed by atoms with Gasteiger partial charge in [0, 0.05) is 18.2 Å². The van der Waals surface area contributed by atoms with E-state index in [-0.39, 0.29) is 16.8 Å². The van der Waals surface area contributed by atoms with Crippen LogP contribution in [-0.4, -0.2) is 35.5 Å². The summed E-state index contributed by atoms with van der Waals surface area (Å²) in [6.45, 7) is 4.51. The minimum atomic E-state index is -3.65. The molecule has 2 heterocycles. The van der Waals surface area contributed by atoms with Gasteiger partial charge >= 0.3 is 0 Å². The fourth-order valence-corrected chi connectivity index (χ4v) is 5.46. The number of piperidine rings is 1. The number of rotatable bonds is 4. The van der Waals surface area contributed by atoms with Gasteiger partial charge in [-0.3, -0.25) is 0 Å². The molecule has 0 saturated carbocycles. The van der Waals surface area contributed by atoms with Gasteiger partial charge in [0.1, 0.15) is 0 Å². The first-order valence-corrected chi connectivity index (χ1v) is 10.9. The van der Waals surface area contributed by atoms with Crippen molar-refractivity contribution in [2.24, 2.45) is 0 Å². The zero-order valence-corrected chi connectivity index (χ0v) is 16.8. The zero-order valence-electron chi connectivity index (χ0n) is 16.0. The lowest BCUT2D eigenvalue weighted by molar-refractivity contribution is 0.268. The second kappa shape index (κ2) is 7.48. The maximum absolute atomic E-state index is 13.3. The van der Waals surface area contributed by atoms with Crippen LogP contribution in [0.2, 0.25) is 0 Å². The van der Waals surface area contributed by atoms with Gasteiger partial charge in [-0.25, -0.2) is 8.42 Å². The van der Waals surface area contributed by atoms with Gasteiger partial charge in [-0.05, 0) is 38.8 Å². The lowest BCUT2D eigenvalue weighted by atomic mass is 10.1. The molecular weight excluding hydrogens is 374 g/mol. The molecule has 7 heteroatoms. The zero-order chi connectivity index (χ0) is 19.7. The van der Waals surface area contributed by atoms with Crippen LogP contribution in [0.3, 0.4) is 0 Å². The Balaban J connectivity index is 1.74. The Morgan fingerprint density at radius 3 is 2.57 bits per heavy atom. The van der Waals surface area contributed by atoms with Crippen LogP contribution in [0.1, 0.15) is 31.7 Å². The molecule has 0 radical (unpaired) electrons. The maximum atomic E-state index is 13.3. The van der Waals surface area contributed by atoms with E-state index in [1.54, 1.807) is 28.6 Å². The van der Waals surface area contributed by atoms with E-state index in [0.29, 0.717) is 17.9 Å². The number of sulfonamides is 1. The monoisotopic (exact) mass is 397 g/mol. The molecule has 2 aromatic carbocycles.